The number of nitro groups is 1. The number of non-ortho nitro benzene ring substituents is 1. The van der Waals surface area contributed by atoms with E-state index in [9.17, 15) is 10.1 Å². The molecular weight excluding hydrogens is 338 g/mol. The van der Waals surface area contributed by atoms with Gasteiger partial charge in [0.15, 0.2) is 0 Å². The summed E-state index contributed by atoms with van der Waals surface area (Å²) in [6.45, 7) is 6.16. The lowest BCUT2D eigenvalue weighted by atomic mass is 10.2. The zero-order valence-electron chi connectivity index (χ0n) is 14.1. The maximum Gasteiger partial charge on any atom is 0.269 e. The first-order valence-corrected chi connectivity index (χ1v) is 8.64. The van der Waals surface area contributed by atoms with E-state index in [4.69, 9.17) is 4.42 Å². The van der Waals surface area contributed by atoms with Crippen LogP contribution in [0.2, 0.25) is 0 Å². The van der Waals surface area contributed by atoms with Gasteiger partial charge in [-0.25, -0.2) is 0 Å². The van der Waals surface area contributed by atoms with Gasteiger partial charge in [0.25, 0.3) is 5.69 Å². The van der Waals surface area contributed by atoms with Crippen molar-refractivity contribution in [1.82, 2.24) is 10.2 Å². The lowest BCUT2D eigenvalue weighted by Gasteiger charge is -2.10. The molecule has 0 aliphatic rings. The fourth-order valence-corrected chi connectivity index (χ4v) is 3.38. The number of benzene rings is 2. The zero-order valence-corrected chi connectivity index (χ0v) is 14.9. The molecule has 6 nitrogen and oxygen atoms in total. The minimum atomic E-state index is -0.439. The van der Waals surface area contributed by atoms with Crippen molar-refractivity contribution in [2.24, 2.45) is 0 Å². The van der Waals surface area contributed by atoms with Crippen molar-refractivity contribution in [1.29, 1.82) is 0 Å². The Balaban J connectivity index is 1.77. The second-order valence-electron chi connectivity index (χ2n) is 5.78. The van der Waals surface area contributed by atoms with Gasteiger partial charge >= 0.3 is 0 Å². The molecule has 1 unspecified atom stereocenters. The van der Waals surface area contributed by atoms with E-state index in [-0.39, 0.29) is 10.9 Å². The van der Waals surface area contributed by atoms with Crippen LogP contribution in [-0.4, -0.2) is 15.1 Å². The number of rotatable bonds is 5. The highest BCUT2D eigenvalue weighted by Crippen LogP contribution is 2.37. The molecule has 3 aromatic rings. The quantitative estimate of drug-likeness (QED) is 0.359. The van der Waals surface area contributed by atoms with E-state index in [0.717, 1.165) is 0 Å². The SMILES string of the molecule is Cc1ccc(SC(C)c2nnc(-c3ccc([N+](=O)[O-])cc3)o2)c(C)c1. The Hall–Kier alpha value is -2.67. The van der Waals surface area contributed by atoms with Gasteiger partial charge in [-0.1, -0.05) is 17.7 Å². The highest BCUT2D eigenvalue weighted by Gasteiger charge is 2.17. The van der Waals surface area contributed by atoms with Crippen molar-refractivity contribution in [3.05, 3.63) is 69.6 Å². The van der Waals surface area contributed by atoms with Gasteiger partial charge in [0, 0.05) is 22.6 Å². The topological polar surface area (TPSA) is 82.1 Å². The van der Waals surface area contributed by atoms with Crippen molar-refractivity contribution < 1.29 is 9.34 Å². The van der Waals surface area contributed by atoms with Crippen LogP contribution in [0.1, 0.15) is 29.2 Å². The average molecular weight is 355 g/mol. The monoisotopic (exact) mass is 355 g/mol. The third kappa shape index (κ3) is 3.88. The number of aryl methyl sites for hydroxylation is 2. The Labute approximate surface area is 149 Å². The number of aromatic nitrogens is 2. The minimum Gasteiger partial charge on any atom is -0.419 e. The highest BCUT2D eigenvalue weighted by molar-refractivity contribution is 7.99. The average Bonchev–Trinajstić information content (AvgIpc) is 3.07. The molecule has 0 radical (unpaired) electrons. The van der Waals surface area contributed by atoms with Crippen molar-refractivity contribution in [2.45, 2.75) is 30.9 Å². The van der Waals surface area contributed by atoms with E-state index < -0.39 is 4.92 Å². The minimum absolute atomic E-state index is 0.000652. The van der Waals surface area contributed by atoms with Crippen molar-refractivity contribution in [3.8, 4) is 11.5 Å². The Morgan fingerprint density at radius 1 is 1.12 bits per heavy atom. The molecule has 0 bridgehead atoms. The van der Waals surface area contributed by atoms with Crippen LogP contribution in [0, 0.1) is 24.0 Å². The van der Waals surface area contributed by atoms with Crippen LogP contribution in [0.25, 0.3) is 11.5 Å². The second kappa shape index (κ2) is 7.06. The van der Waals surface area contributed by atoms with Crippen molar-refractivity contribution >= 4 is 17.4 Å². The van der Waals surface area contributed by atoms with Crippen LogP contribution in [0.3, 0.4) is 0 Å². The van der Waals surface area contributed by atoms with Gasteiger partial charge in [-0.3, -0.25) is 10.1 Å². The number of hydrogen-bond acceptors (Lipinski definition) is 6. The zero-order chi connectivity index (χ0) is 18.0. The Bertz CT molecular complexity index is 906. The predicted octanol–water partition coefficient (Wildman–Crippen LogP) is 5.11. The summed E-state index contributed by atoms with van der Waals surface area (Å²) in [5.41, 5.74) is 3.13. The maximum absolute atomic E-state index is 10.7. The summed E-state index contributed by atoms with van der Waals surface area (Å²) in [6.07, 6.45) is 0. The maximum atomic E-state index is 10.7. The van der Waals surface area contributed by atoms with E-state index in [0.29, 0.717) is 17.3 Å². The Morgan fingerprint density at radius 3 is 2.48 bits per heavy atom. The molecule has 0 aliphatic heterocycles. The molecule has 0 saturated carbocycles. The van der Waals surface area contributed by atoms with Gasteiger partial charge < -0.3 is 4.42 Å². The standard InChI is InChI=1S/C18H17N3O3S/c1-11-4-9-16(12(2)10-11)25-13(3)17-19-20-18(24-17)14-5-7-15(8-6-14)21(22)23/h4-10,13H,1-3H3. The first-order valence-electron chi connectivity index (χ1n) is 7.76. The van der Waals surface area contributed by atoms with Crippen LogP contribution in [0.15, 0.2) is 51.8 Å². The van der Waals surface area contributed by atoms with E-state index in [1.807, 2.05) is 6.92 Å². The van der Waals surface area contributed by atoms with E-state index in [1.54, 1.807) is 23.9 Å². The third-order valence-electron chi connectivity index (χ3n) is 3.75. The largest absolute Gasteiger partial charge is 0.419 e. The molecule has 0 aliphatic carbocycles. The van der Waals surface area contributed by atoms with E-state index >= 15 is 0 Å². The van der Waals surface area contributed by atoms with Crippen LogP contribution >= 0.6 is 11.8 Å². The molecule has 2 aromatic carbocycles. The predicted molar refractivity (Wildman–Crippen MR) is 96.6 cm³/mol. The molecule has 25 heavy (non-hydrogen) atoms. The third-order valence-corrected chi connectivity index (χ3v) is 5.01. The first-order chi connectivity index (χ1) is 11.9. The van der Waals surface area contributed by atoms with E-state index in [2.05, 4.69) is 42.2 Å². The second-order valence-corrected chi connectivity index (χ2v) is 7.16. The molecule has 0 fully saturated rings. The molecule has 7 heteroatoms. The van der Waals surface area contributed by atoms with Gasteiger partial charge in [0.2, 0.25) is 11.8 Å². The molecule has 3 rings (SSSR count). The summed E-state index contributed by atoms with van der Waals surface area (Å²) in [4.78, 5) is 11.5. The highest BCUT2D eigenvalue weighted by atomic mass is 32.2. The number of nitro benzene ring substituents is 1. The van der Waals surface area contributed by atoms with Gasteiger partial charge in [-0.05, 0) is 44.5 Å². The summed E-state index contributed by atoms with van der Waals surface area (Å²) in [7, 11) is 0. The van der Waals surface area contributed by atoms with Gasteiger partial charge in [0.05, 0.1) is 10.2 Å². The van der Waals surface area contributed by atoms with Crippen LogP contribution < -0.4 is 0 Å². The number of thioether (sulfide) groups is 1. The molecule has 1 heterocycles. The first kappa shape index (κ1) is 17.2. The summed E-state index contributed by atoms with van der Waals surface area (Å²) in [5.74, 6) is 0.885. The van der Waals surface area contributed by atoms with E-state index in [1.165, 1.54) is 28.2 Å². The smallest absolute Gasteiger partial charge is 0.269 e. The lowest BCUT2D eigenvalue weighted by Crippen LogP contribution is -1.90. The normalized spacial score (nSPS) is 12.1. The molecular formula is C18H17N3O3S. The summed E-state index contributed by atoms with van der Waals surface area (Å²) in [5, 5.41) is 18.9. The molecule has 1 atom stereocenters. The van der Waals surface area contributed by atoms with Gasteiger partial charge in [-0.15, -0.1) is 22.0 Å². The Morgan fingerprint density at radius 2 is 1.84 bits per heavy atom. The van der Waals surface area contributed by atoms with Crippen LogP contribution in [0.4, 0.5) is 5.69 Å². The molecule has 0 saturated heterocycles. The Kier molecular flexibility index (Phi) is 4.85. The number of hydrogen-bond donors (Lipinski definition) is 0. The molecule has 1 aromatic heterocycles. The summed E-state index contributed by atoms with van der Waals surface area (Å²) in [6, 6.07) is 12.4. The summed E-state index contributed by atoms with van der Waals surface area (Å²) < 4.78 is 5.75. The summed E-state index contributed by atoms with van der Waals surface area (Å²) >= 11 is 1.66. The molecule has 0 N–H and O–H groups in total. The van der Waals surface area contributed by atoms with Crippen LogP contribution in [-0.2, 0) is 0 Å². The van der Waals surface area contributed by atoms with Crippen molar-refractivity contribution in [2.75, 3.05) is 0 Å². The lowest BCUT2D eigenvalue weighted by molar-refractivity contribution is -0.384. The molecule has 0 amide bonds. The molecule has 0 spiro atoms. The fraction of sp³-hybridized carbons (Fsp3) is 0.222. The fourth-order valence-electron chi connectivity index (χ4n) is 2.41. The van der Waals surface area contributed by atoms with Gasteiger partial charge in [0.1, 0.15) is 0 Å². The number of nitrogens with zero attached hydrogens (tertiary/aromatic N) is 3. The van der Waals surface area contributed by atoms with Crippen molar-refractivity contribution in [3.63, 3.8) is 0 Å². The molecule has 128 valence electrons. The van der Waals surface area contributed by atoms with Gasteiger partial charge in [-0.2, -0.15) is 0 Å². The van der Waals surface area contributed by atoms with Crippen LogP contribution in [0.5, 0.6) is 0 Å².